The van der Waals surface area contributed by atoms with Crippen molar-refractivity contribution in [3.8, 4) is 11.5 Å². The SMILES string of the molecule is COc1cc(Cl)cc(CNCCN2CCCCC2CO)c1OC. The normalized spacial score (nSPS) is 18.9. The van der Waals surface area contributed by atoms with E-state index in [1.807, 2.05) is 6.07 Å². The zero-order valence-electron chi connectivity index (χ0n) is 14.0. The first-order valence-corrected chi connectivity index (χ1v) is 8.53. The van der Waals surface area contributed by atoms with Gasteiger partial charge in [-0.15, -0.1) is 0 Å². The van der Waals surface area contributed by atoms with Crippen molar-refractivity contribution < 1.29 is 14.6 Å². The van der Waals surface area contributed by atoms with E-state index >= 15 is 0 Å². The van der Waals surface area contributed by atoms with E-state index in [1.54, 1.807) is 20.3 Å². The van der Waals surface area contributed by atoms with Crippen molar-refractivity contribution in [3.63, 3.8) is 0 Å². The molecule has 1 aromatic carbocycles. The highest BCUT2D eigenvalue weighted by Gasteiger charge is 2.20. The largest absolute Gasteiger partial charge is 0.493 e. The van der Waals surface area contributed by atoms with Crippen molar-refractivity contribution in [1.82, 2.24) is 10.2 Å². The minimum Gasteiger partial charge on any atom is -0.493 e. The van der Waals surface area contributed by atoms with Crippen LogP contribution < -0.4 is 14.8 Å². The summed E-state index contributed by atoms with van der Waals surface area (Å²) in [6, 6.07) is 3.96. The molecule has 130 valence electrons. The third-order valence-corrected chi connectivity index (χ3v) is 4.59. The lowest BCUT2D eigenvalue weighted by atomic mass is 10.0. The summed E-state index contributed by atoms with van der Waals surface area (Å²) >= 11 is 6.13. The van der Waals surface area contributed by atoms with Crippen LogP contribution in [0.1, 0.15) is 24.8 Å². The van der Waals surface area contributed by atoms with Crippen LogP contribution in [0.15, 0.2) is 12.1 Å². The van der Waals surface area contributed by atoms with Gasteiger partial charge in [-0.1, -0.05) is 18.0 Å². The van der Waals surface area contributed by atoms with Crippen molar-refractivity contribution in [2.45, 2.75) is 31.8 Å². The van der Waals surface area contributed by atoms with Crippen molar-refractivity contribution in [2.75, 3.05) is 40.5 Å². The van der Waals surface area contributed by atoms with Crippen LogP contribution in [0.3, 0.4) is 0 Å². The molecule has 1 aromatic rings. The number of likely N-dealkylation sites (tertiary alicyclic amines) is 1. The van der Waals surface area contributed by atoms with Crippen LogP contribution in [0.25, 0.3) is 0 Å². The highest BCUT2D eigenvalue weighted by Crippen LogP contribution is 2.34. The van der Waals surface area contributed by atoms with Crippen LogP contribution in [0.5, 0.6) is 11.5 Å². The molecule has 1 aliphatic heterocycles. The van der Waals surface area contributed by atoms with Crippen LogP contribution in [0, 0.1) is 0 Å². The molecule has 0 bridgehead atoms. The van der Waals surface area contributed by atoms with E-state index in [1.165, 1.54) is 12.8 Å². The molecule has 0 spiro atoms. The average molecular weight is 343 g/mol. The smallest absolute Gasteiger partial charge is 0.165 e. The van der Waals surface area contributed by atoms with Gasteiger partial charge >= 0.3 is 0 Å². The highest BCUT2D eigenvalue weighted by atomic mass is 35.5. The van der Waals surface area contributed by atoms with E-state index in [2.05, 4.69) is 10.2 Å². The molecular weight excluding hydrogens is 316 g/mol. The lowest BCUT2D eigenvalue weighted by Gasteiger charge is -2.34. The Hall–Kier alpha value is -1.01. The Balaban J connectivity index is 1.87. The van der Waals surface area contributed by atoms with Crippen molar-refractivity contribution in [3.05, 3.63) is 22.7 Å². The van der Waals surface area contributed by atoms with Gasteiger partial charge in [-0.05, 0) is 25.5 Å². The van der Waals surface area contributed by atoms with Crippen molar-refractivity contribution in [2.24, 2.45) is 0 Å². The predicted octanol–water partition coefficient (Wildman–Crippen LogP) is 2.29. The summed E-state index contributed by atoms with van der Waals surface area (Å²) in [5, 5.41) is 13.5. The van der Waals surface area contributed by atoms with Crippen LogP contribution in [-0.4, -0.2) is 56.5 Å². The second-order valence-corrected chi connectivity index (χ2v) is 6.28. The van der Waals surface area contributed by atoms with Gasteiger partial charge < -0.3 is 19.9 Å². The van der Waals surface area contributed by atoms with Crippen LogP contribution in [0.4, 0.5) is 0 Å². The monoisotopic (exact) mass is 342 g/mol. The van der Waals surface area contributed by atoms with Gasteiger partial charge in [0, 0.05) is 42.3 Å². The Kier molecular flexibility index (Phi) is 7.43. The van der Waals surface area contributed by atoms with Gasteiger partial charge in [0.25, 0.3) is 0 Å². The van der Waals surface area contributed by atoms with E-state index in [-0.39, 0.29) is 6.61 Å². The summed E-state index contributed by atoms with van der Waals surface area (Å²) in [4.78, 5) is 2.37. The summed E-state index contributed by atoms with van der Waals surface area (Å²) < 4.78 is 10.8. The number of piperidine rings is 1. The number of aliphatic hydroxyl groups is 1. The van der Waals surface area contributed by atoms with Gasteiger partial charge in [0.05, 0.1) is 20.8 Å². The van der Waals surface area contributed by atoms with E-state index in [0.29, 0.717) is 23.4 Å². The Morgan fingerprint density at radius 1 is 1.30 bits per heavy atom. The van der Waals surface area contributed by atoms with Crippen molar-refractivity contribution in [1.29, 1.82) is 0 Å². The minimum absolute atomic E-state index is 0.249. The quantitative estimate of drug-likeness (QED) is 0.710. The molecule has 1 aliphatic rings. The Morgan fingerprint density at radius 3 is 2.83 bits per heavy atom. The molecule has 1 saturated heterocycles. The number of aliphatic hydroxyl groups excluding tert-OH is 1. The topological polar surface area (TPSA) is 54.0 Å². The summed E-state index contributed by atoms with van der Waals surface area (Å²) in [6.07, 6.45) is 3.53. The molecular formula is C17H27ClN2O3. The van der Waals surface area contributed by atoms with E-state index in [9.17, 15) is 5.11 Å². The van der Waals surface area contributed by atoms with Crippen LogP contribution in [-0.2, 0) is 6.54 Å². The summed E-state index contributed by atoms with van der Waals surface area (Å²) in [7, 11) is 3.24. The zero-order chi connectivity index (χ0) is 16.7. The van der Waals surface area contributed by atoms with E-state index in [0.717, 1.165) is 37.4 Å². The van der Waals surface area contributed by atoms with Gasteiger partial charge in [-0.3, -0.25) is 4.90 Å². The minimum atomic E-state index is 0.249. The number of nitrogens with zero attached hydrogens (tertiary/aromatic N) is 1. The number of nitrogens with one attached hydrogen (secondary N) is 1. The Bertz CT molecular complexity index is 499. The lowest BCUT2D eigenvalue weighted by Crippen LogP contribution is -2.44. The molecule has 5 nitrogen and oxygen atoms in total. The number of rotatable bonds is 8. The van der Waals surface area contributed by atoms with Crippen molar-refractivity contribution >= 4 is 11.6 Å². The predicted molar refractivity (Wildman–Crippen MR) is 92.6 cm³/mol. The number of methoxy groups -OCH3 is 2. The van der Waals surface area contributed by atoms with Crippen LogP contribution >= 0.6 is 11.6 Å². The summed E-state index contributed by atoms with van der Waals surface area (Å²) in [5.41, 5.74) is 0.981. The molecule has 6 heteroatoms. The molecule has 0 saturated carbocycles. The number of ether oxygens (including phenoxy) is 2. The third-order valence-electron chi connectivity index (χ3n) is 4.37. The first kappa shape index (κ1) is 18.3. The molecule has 0 aliphatic carbocycles. The Labute approximate surface area is 143 Å². The molecule has 1 atom stereocenters. The molecule has 2 N–H and O–H groups in total. The fourth-order valence-electron chi connectivity index (χ4n) is 3.14. The first-order valence-electron chi connectivity index (χ1n) is 8.15. The number of hydrogen-bond donors (Lipinski definition) is 2. The average Bonchev–Trinajstić information content (AvgIpc) is 2.58. The molecule has 1 heterocycles. The second-order valence-electron chi connectivity index (χ2n) is 5.85. The maximum atomic E-state index is 9.45. The molecule has 0 aromatic heterocycles. The number of halogens is 1. The number of hydrogen-bond acceptors (Lipinski definition) is 5. The second kappa shape index (κ2) is 9.33. The maximum absolute atomic E-state index is 9.45. The fraction of sp³-hybridized carbons (Fsp3) is 0.647. The first-order chi connectivity index (χ1) is 11.2. The summed E-state index contributed by atoms with van der Waals surface area (Å²) in [5.74, 6) is 1.36. The maximum Gasteiger partial charge on any atom is 0.165 e. The van der Waals surface area contributed by atoms with E-state index < -0.39 is 0 Å². The van der Waals surface area contributed by atoms with Gasteiger partial charge in [-0.2, -0.15) is 0 Å². The lowest BCUT2D eigenvalue weighted by molar-refractivity contribution is 0.0910. The number of benzene rings is 1. The van der Waals surface area contributed by atoms with Gasteiger partial charge in [0.15, 0.2) is 11.5 Å². The molecule has 2 rings (SSSR count). The van der Waals surface area contributed by atoms with Gasteiger partial charge in [0.1, 0.15) is 0 Å². The molecule has 1 fully saturated rings. The molecule has 0 radical (unpaired) electrons. The van der Waals surface area contributed by atoms with Crippen LogP contribution in [0.2, 0.25) is 5.02 Å². The van der Waals surface area contributed by atoms with Gasteiger partial charge in [0.2, 0.25) is 0 Å². The fourth-order valence-corrected chi connectivity index (χ4v) is 3.37. The molecule has 23 heavy (non-hydrogen) atoms. The molecule has 0 amide bonds. The third kappa shape index (κ3) is 4.98. The summed E-state index contributed by atoms with van der Waals surface area (Å²) in [6.45, 7) is 3.78. The highest BCUT2D eigenvalue weighted by molar-refractivity contribution is 6.30. The Morgan fingerprint density at radius 2 is 2.13 bits per heavy atom. The van der Waals surface area contributed by atoms with Gasteiger partial charge in [-0.25, -0.2) is 0 Å². The zero-order valence-corrected chi connectivity index (χ0v) is 14.7. The molecule has 1 unspecified atom stereocenters. The van der Waals surface area contributed by atoms with E-state index in [4.69, 9.17) is 21.1 Å². The standard InChI is InChI=1S/C17H27ClN2O3/c1-22-16-10-14(18)9-13(17(16)23-2)11-19-6-8-20-7-4-3-5-15(20)12-21/h9-10,15,19,21H,3-8,11-12H2,1-2H3.